The number of hydrogen-bond donors (Lipinski definition) is 4. The fourth-order valence-corrected chi connectivity index (χ4v) is 7.31. The summed E-state index contributed by atoms with van der Waals surface area (Å²) >= 11 is 0. The van der Waals surface area contributed by atoms with Gasteiger partial charge in [-0.2, -0.15) is 0 Å². The highest BCUT2D eigenvalue weighted by atomic mass is 16.5. The standard InChI is InChI=1S/C40H47N7O7/c1-23(42-36(48)34-9-7-19-47(34)38(50)25(3)44-40(52)54-5)26-10-12-27(13-11-26)28-14-15-30-21-31(17-16-29(30)20-28)32-22-41-35(45-32)33-8-6-18-46(33)37(49)24(2)43-39(51)53-4/h10-17,20-25,33-34H,6-9,18-19H2,1-5H3,(H,41,45)(H,42,48)(H,43,51)(H,44,52). The van der Waals surface area contributed by atoms with Crippen LogP contribution in [0, 0.1) is 0 Å². The monoisotopic (exact) mass is 737 g/mol. The van der Waals surface area contributed by atoms with Crippen molar-refractivity contribution in [2.45, 2.75) is 76.7 Å². The number of carbonyl (C=O) groups excluding carboxylic acids is 5. The van der Waals surface area contributed by atoms with Gasteiger partial charge in [-0.1, -0.05) is 48.5 Å². The van der Waals surface area contributed by atoms with Crippen LogP contribution in [-0.2, 0) is 23.9 Å². The molecule has 0 saturated carbocycles. The van der Waals surface area contributed by atoms with Gasteiger partial charge in [-0.3, -0.25) is 14.4 Å². The third-order valence-electron chi connectivity index (χ3n) is 10.3. The Kier molecular flexibility index (Phi) is 11.5. The fraction of sp³-hybridized carbons (Fsp3) is 0.400. The highest BCUT2D eigenvalue weighted by Crippen LogP contribution is 2.33. The number of likely N-dealkylation sites (tertiary alicyclic amines) is 2. The minimum Gasteiger partial charge on any atom is -0.453 e. The van der Waals surface area contributed by atoms with Gasteiger partial charge in [0.2, 0.25) is 17.7 Å². The van der Waals surface area contributed by atoms with Gasteiger partial charge in [-0.15, -0.1) is 0 Å². The van der Waals surface area contributed by atoms with E-state index < -0.39 is 30.3 Å². The Morgan fingerprint density at radius 3 is 1.93 bits per heavy atom. The molecule has 0 spiro atoms. The third kappa shape index (κ3) is 8.17. The van der Waals surface area contributed by atoms with Crippen molar-refractivity contribution in [3.8, 4) is 22.4 Å². The van der Waals surface area contributed by atoms with Crippen LogP contribution in [0.25, 0.3) is 33.2 Å². The van der Waals surface area contributed by atoms with Crippen molar-refractivity contribution in [1.82, 2.24) is 35.7 Å². The second kappa shape index (κ2) is 16.4. The van der Waals surface area contributed by atoms with E-state index in [1.807, 2.05) is 37.3 Å². The number of nitrogens with zero attached hydrogens (tertiary/aromatic N) is 3. The minimum absolute atomic E-state index is 0.179. The minimum atomic E-state index is -0.805. The SMILES string of the molecule is COC(=O)NC(C)C(=O)N1CCCC1C(=O)NC(C)c1ccc(-c2ccc3cc(-c4cnc(C5CCCN5C(=O)C(C)NC(=O)OC)[nH]4)ccc3c2)cc1. The van der Waals surface area contributed by atoms with Crippen molar-refractivity contribution in [3.05, 3.63) is 78.2 Å². The predicted octanol–water partition coefficient (Wildman–Crippen LogP) is 5.22. The molecule has 2 aliphatic rings. The van der Waals surface area contributed by atoms with E-state index in [4.69, 9.17) is 0 Å². The first-order valence-electron chi connectivity index (χ1n) is 18.3. The molecule has 2 aliphatic heterocycles. The van der Waals surface area contributed by atoms with Crippen LogP contribution in [0.2, 0.25) is 0 Å². The molecule has 4 aromatic rings. The number of benzene rings is 3. The molecule has 0 aliphatic carbocycles. The zero-order chi connectivity index (χ0) is 38.5. The van der Waals surface area contributed by atoms with Gasteiger partial charge in [-0.05, 0) is 86.1 Å². The first-order chi connectivity index (χ1) is 26.0. The Hall–Kier alpha value is -5.92. The highest BCUT2D eigenvalue weighted by Gasteiger charge is 2.37. The quantitative estimate of drug-likeness (QED) is 0.171. The predicted molar refractivity (Wildman–Crippen MR) is 202 cm³/mol. The molecule has 14 heteroatoms. The fourth-order valence-electron chi connectivity index (χ4n) is 7.31. The van der Waals surface area contributed by atoms with E-state index in [1.54, 1.807) is 24.9 Å². The van der Waals surface area contributed by atoms with Crippen LogP contribution in [0.4, 0.5) is 9.59 Å². The molecule has 5 atom stereocenters. The lowest BCUT2D eigenvalue weighted by atomic mass is 9.97. The normalized spacial score (nSPS) is 18.5. The van der Waals surface area contributed by atoms with Gasteiger partial charge < -0.3 is 40.2 Å². The summed E-state index contributed by atoms with van der Waals surface area (Å²) in [5, 5.41) is 10.2. The number of ether oxygens (including phenoxy) is 2. The van der Waals surface area contributed by atoms with Gasteiger partial charge in [-0.25, -0.2) is 14.6 Å². The van der Waals surface area contributed by atoms with E-state index in [2.05, 4.69) is 65.7 Å². The maximum absolute atomic E-state index is 13.3. The van der Waals surface area contributed by atoms with E-state index in [0.29, 0.717) is 31.8 Å². The molecule has 3 heterocycles. The van der Waals surface area contributed by atoms with Crippen LogP contribution in [0.1, 0.15) is 69.9 Å². The van der Waals surface area contributed by atoms with Crippen LogP contribution in [0.15, 0.2) is 66.9 Å². The number of hydrogen-bond acceptors (Lipinski definition) is 8. The molecule has 6 rings (SSSR count). The summed E-state index contributed by atoms with van der Waals surface area (Å²) in [6.45, 7) is 6.18. The molecule has 1 aromatic heterocycles. The van der Waals surface area contributed by atoms with Gasteiger partial charge >= 0.3 is 12.2 Å². The Morgan fingerprint density at radius 2 is 1.28 bits per heavy atom. The average Bonchev–Trinajstić information content (AvgIpc) is 3.98. The first kappa shape index (κ1) is 37.8. The molecule has 54 heavy (non-hydrogen) atoms. The summed E-state index contributed by atoms with van der Waals surface area (Å²) in [4.78, 5) is 74.0. The molecule has 0 bridgehead atoms. The largest absolute Gasteiger partial charge is 0.453 e. The van der Waals surface area contributed by atoms with Crippen LogP contribution >= 0.6 is 0 Å². The van der Waals surface area contributed by atoms with E-state index in [-0.39, 0.29) is 29.8 Å². The van der Waals surface area contributed by atoms with Crippen molar-refractivity contribution in [1.29, 1.82) is 0 Å². The summed E-state index contributed by atoms with van der Waals surface area (Å²) in [7, 11) is 2.50. The second-order valence-electron chi connectivity index (χ2n) is 13.9. The molecular weight excluding hydrogens is 690 g/mol. The number of aromatic amines is 1. The number of H-pyrrole nitrogens is 1. The van der Waals surface area contributed by atoms with E-state index in [0.717, 1.165) is 51.6 Å². The Bertz CT molecular complexity index is 2030. The smallest absolute Gasteiger partial charge is 0.407 e. The molecule has 14 nitrogen and oxygen atoms in total. The van der Waals surface area contributed by atoms with Gasteiger partial charge in [0.05, 0.1) is 38.2 Å². The number of rotatable bonds is 10. The lowest BCUT2D eigenvalue weighted by Crippen LogP contribution is -2.52. The molecular formula is C40H47N7O7. The Balaban J connectivity index is 1.08. The molecule has 3 aromatic carbocycles. The van der Waals surface area contributed by atoms with Crippen molar-refractivity contribution in [2.75, 3.05) is 27.3 Å². The number of imidazole rings is 1. The summed E-state index contributed by atoms with van der Waals surface area (Å²) in [6.07, 6.45) is 3.33. The van der Waals surface area contributed by atoms with Gasteiger partial charge in [0.25, 0.3) is 0 Å². The average molecular weight is 738 g/mol. The lowest BCUT2D eigenvalue weighted by Gasteiger charge is -2.28. The zero-order valence-corrected chi connectivity index (χ0v) is 31.2. The van der Waals surface area contributed by atoms with Gasteiger partial charge in [0.15, 0.2) is 0 Å². The number of nitrogens with one attached hydrogen (secondary N) is 4. The molecule has 5 unspecified atom stereocenters. The molecule has 2 saturated heterocycles. The first-order valence-corrected chi connectivity index (χ1v) is 18.3. The summed E-state index contributed by atoms with van der Waals surface area (Å²) in [5.41, 5.74) is 4.85. The number of fused-ring (bicyclic) bond motifs is 1. The Labute approximate surface area is 314 Å². The highest BCUT2D eigenvalue weighted by molar-refractivity contribution is 5.92. The van der Waals surface area contributed by atoms with Crippen LogP contribution < -0.4 is 16.0 Å². The number of aromatic nitrogens is 2. The number of alkyl carbamates (subject to hydrolysis) is 2. The molecule has 4 N–H and O–H groups in total. The zero-order valence-electron chi connectivity index (χ0n) is 31.2. The molecule has 284 valence electrons. The maximum atomic E-state index is 13.3. The van der Waals surface area contributed by atoms with E-state index >= 15 is 0 Å². The van der Waals surface area contributed by atoms with Gasteiger partial charge in [0, 0.05) is 18.7 Å². The van der Waals surface area contributed by atoms with Crippen LogP contribution in [0.5, 0.6) is 0 Å². The maximum Gasteiger partial charge on any atom is 0.407 e. The Morgan fingerprint density at radius 1 is 0.722 bits per heavy atom. The van der Waals surface area contributed by atoms with Crippen molar-refractivity contribution >= 4 is 40.7 Å². The molecule has 0 radical (unpaired) electrons. The van der Waals surface area contributed by atoms with E-state index in [1.165, 1.54) is 19.1 Å². The third-order valence-corrected chi connectivity index (χ3v) is 10.3. The molecule has 5 amide bonds. The molecule has 2 fully saturated rings. The van der Waals surface area contributed by atoms with Crippen LogP contribution in [0.3, 0.4) is 0 Å². The topological polar surface area (TPSA) is 175 Å². The summed E-state index contributed by atoms with van der Waals surface area (Å²) in [6, 6.07) is 18.0. The number of carbonyl (C=O) groups is 5. The number of methoxy groups -OCH3 is 2. The van der Waals surface area contributed by atoms with Crippen LogP contribution in [-0.4, -0.2) is 95.1 Å². The summed E-state index contributed by atoms with van der Waals surface area (Å²) < 4.78 is 9.24. The van der Waals surface area contributed by atoms with Crippen molar-refractivity contribution in [2.24, 2.45) is 0 Å². The van der Waals surface area contributed by atoms with Crippen molar-refractivity contribution < 1.29 is 33.4 Å². The van der Waals surface area contributed by atoms with E-state index in [9.17, 15) is 24.0 Å². The van der Waals surface area contributed by atoms with Crippen molar-refractivity contribution in [3.63, 3.8) is 0 Å². The number of amides is 5. The lowest BCUT2D eigenvalue weighted by molar-refractivity contribution is -0.139. The summed E-state index contributed by atoms with van der Waals surface area (Å²) in [5.74, 6) is -0.00902. The van der Waals surface area contributed by atoms with Gasteiger partial charge in [0.1, 0.15) is 23.9 Å². The second-order valence-corrected chi connectivity index (χ2v) is 13.9.